The molecule has 4 nitrogen and oxygen atoms in total. The van der Waals surface area contributed by atoms with Crippen molar-refractivity contribution in [2.75, 3.05) is 20.2 Å². The van der Waals surface area contributed by atoms with Gasteiger partial charge in [-0.05, 0) is 42.3 Å². The summed E-state index contributed by atoms with van der Waals surface area (Å²) in [5, 5.41) is 1.00. The second-order valence-electron chi connectivity index (χ2n) is 6.42. The molecule has 4 heteroatoms. The lowest BCUT2D eigenvalue weighted by molar-refractivity contribution is -0.127. The van der Waals surface area contributed by atoms with Gasteiger partial charge in [-0.15, -0.1) is 6.58 Å². The number of Topliss-reactive ketones (excluding diaryl/α,β-unsaturated/α-hetero) is 1. The highest BCUT2D eigenvalue weighted by Gasteiger charge is 2.41. The molecule has 24 heavy (non-hydrogen) atoms. The molecule has 2 atom stereocenters. The van der Waals surface area contributed by atoms with Crippen molar-refractivity contribution in [3.8, 4) is 5.75 Å². The second-order valence-corrected chi connectivity index (χ2v) is 6.42. The number of rotatable bonds is 3. The number of hydrogen-bond donors (Lipinski definition) is 0. The number of nitrogens with zero attached hydrogens (tertiary/aromatic N) is 2. The van der Waals surface area contributed by atoms with Gasteiger partial charge in [0.15, 0.2) is 5.78 Å². The van der Waals surface area contributed by atoms with Crippen molar-refractivity contribution in [2.45, 2.75) is 6.42 Å². The fraction of sp³-hybridized carbons (Fsp3) is 0.300. The third-order valence-corrected chi connectivity index (χ3v) is 5.17. The Balaban J connectivity index is 1.80. The maximum absolute atomic E-state index is 12.8. The van der Waals surface area contributed by atoms with Crippen LogP contribution in [0.3, 0.4) is 0 Å². The van der Waals surface area contributed by atoms with Gasteiger partial charge >= 0.3 is 0 Å². The Morgan fingerprint density at radius 3 is 3.00 bits per heavy atom. The van der Waals surface area contributed by atoms with Gasteiger partial charge in [0, 0.05) is 36.5 Å². The van der Waals surface area contributed by atoms with Crippen LogP contribution in [-0.2, 0) is 4.79 Å². The molecule has 5 rings (SSSR count). The van der Waals surface area contributed by atoms with Gasteiger partial charge < -0.3 is 9.64 Å². The number of piperidine rings is 3. The number of fused-ring (bicyclic) bond motifs is 4. The standard InChI is InChI=1S/C20H20N2O2/c1-3-13-12-22-9-7-16(13)20(23)19(22)10-14-6-8-21-18-5-4-15(24-2)11-17(14)18/h3-6,8,10-11,13,16H,1,7,9,12H2,2H3/b19-10-/t13-,16+/m0/s1. The molecule has 3 aliphatic heterocycles. The van der Waals surface area contributed by atoms with Gasteiger partial charge in [0.05, 0.1) is 18.3 Å². The first kappa shape index (κ1) is 14.9. The largest absolute Gasteiger partial charge is 0.497 e. The van der Waals surface area contributed by atoms with Crippen molar-refractivity contribution in [1.82, 2.24) is 9.88 Å². The van der Waals surface area contributed by atoms with Crippen LogP contribution in [0.2, 0.25) is 0 Å². The molecule has 3 aliphatic rings. The van der Waals surface area contributed by atoms with Gasteiger partial charge in [-0.1, -0.05) is 6.08 Å². The summed E-state index contributed by atoms with van der Waals surface area (Å²) in [4.78, 5) is 19.4. The minimum absolute atomic E-state index is 0.0846. The molecule has 0 spiro atoms. The fourth-order valence-corrected chi connectivity index (χ4v) is 3.82. The maximum atomic E-state index is 12.8. The summed E-state index contributed by atoms with van der Waals surface area (Å²) in [5.74, 6) is 1.39. The monoisotopic (exact) mass is 320 g/mol. The van der Waals surface area contributed by atoms with E-state index in [1.54, 1.807) is 13.3 Å². The van der Waals surface area contributed by atoms with Crippen LogP contribution in [0.4, 0.5) is 0 Å². The molecule has 3 saturated heterocycles. The van der Waals surface area contributed by atoms with Crippen molar-refractivity contribution >= 4 is 22.8 Å². The minimum atomic E-state index is 0.0846. The number of hydrogen-bond acceptors (Lipinski definition) is 4. The molecular weight excluding hydrogens is 300 g/mol. The third-order valence-electron chi connectivity index (χ3n) is 5.17. The number of pyridine rings is 1. The second kappa shape index (κ2) is 5.78. The topological polar surface area (TPSA) is 42.4 Å². The van der Waals surface area contributed by atoms with Gasteiger partial charge in [0.25, 0.3) is 0 Å². The highest BCUT2D eigenvalue weighted by molar-refractivity contribution is 6.04. The molecule has 0 N–H and O–H groups in total. The summed E-state index contributed by atoms with van der Waals surface area (Å²) in [5.41, 5.74) is 2.72. The first-order valence-electron chi connectivity index (χ1n) is 8.27. The van der Waals surface area contributed by atoms with Gasteiger partial charge in [0.2, 0.25) is 0 Å². The van der Waals surface area contributed by atoms with E-state index in [-0.39, 0.29) is 17.6 Å². The number of ether oxygens (including phenoxy) is 1. The van der Waals surface area contributed by atoms with Crippen LogP contribution in [-0.4, -0.2) is 35.9 Å². The molecule has 1 aromatic heterocycles. The van der Waals surface area contributed by atoms with Crippen LogP contribution in [0.25, 0.3) is 17.0 Å². The van der Waals surface area contributed by atoms with E-state index in [1.807, 2.05) is 36.4 Å². The summed E-state index contributed by atoms with van der Waals surface area (Å²) in [6, 6.07) is 7.77. The maximum Gasteiger partial charge on any atom is 0.182 e. The van der Waals surface area contributed by atoms with E-state index in [1.165, 1.54) is 0 Å². The van der Waals surface area contributed by atoms with E-state index < -0.39 is 0 Å². The van der Waals surface area contributed by atoms with E-state index in [0.717, 1.165) is 47.4 Å². The highest BCUT2D eigenvalue weighted by atomic mass is 16.5. The van der Waals surface area contributed by atoms with Gasteiger partial charge in [-0.2, -0.15) is 0 Å². The molecule has 0 radical (unpaired) electrons. The van der Waals surface area contributed by atoms with E-state index in [4.69, 9.17) is 4.74 Å². The van der Waals surface area contributed by atoms with E-state index >= 15 is 0 Å². The SMILES string of the molecule is C=C[C@H]1CN2CC[C@H]1C(=O)/C2=C/c1ccnc2ccc(OC)cc12. The molecule has 2 bridgehead atoms. The predicted octanol–water partition coefficient (Wildman–Crippen LogP) is 3.29. The van der Waals surface area contributed by atoms with Gasteiger partial charge in [-0.25, -0.2) is 0 Å². The smallest absolute Gasteiger partial charge is 0.182 e. The lowest BCUT2D eigenvalue weighted by Crippen LogP contribution is -2.50. The molecule has 0 unspecified atom stereocenters. The fourth-order valence-electron chi connectivity index (χ4n) is 3.82. The quantitative estimate of drug-likeness (QED) is 0.643. The Morgan fingerprint density at radius 1 is 1.38 bits per heavy atom. The number of allylic oxidation sites excluding steroid dienone is 1. The first-order chi connectivity index (χ1) is 11.7. The molecule has 2 aromatic rings. The van der Waals surface area contributed by atoms with Crippen molar-refractivity contribution in [1.29, 1.82) is 0 Å². The summed E-state index contributed by atoms with van der Waals surface area (Å²) >= 11 is 0. The van der Waals surface area contributed by atoms with Crippen LogP contribution >= 0.6 is 0 Å². The van der Waals surface area contributed by atoms with Crippen LogP contribution in [0.5, 0.6) is 5.75 Å². The Kier molecular flexibility index (Phi) is 3.60. The molecule has 122 valence electrons. The highest BCUT2D eigenvalue weighted by Crippen LogP contribution is 2.37. The van der Waals surface area contributed by atoms with E-state index in [2.05, 4.69) is 16.5 Å². The average Bonchev–Trinajstić information content (AvgIpc) is 2.64. The van der Waals surface area contributed by atoms with E-state index in [9.17, 15) is 4.79 Å². The molecular formula is C20H20N2O2. The Morgan fingerprint density at radius 2 is 2.25 bits per heavy atom. The Bertz CT molecular complexity index is 856. The van der Waals surface area contributed by atoms with Crippen molar-refractivity contribution in [3.05, 3.63) is 54.4 Å². The van der Waals surface area contributed by atoms with Crippen LogP contribution < -0.4 is 4.74 Å². The first-order valence-corrected chi connectivity index (χ1v) is 8.27. The minimum Gasteiger partial charge on any atom is -0.497 e. The number of methoxy groups -OCH3 is 1. The number of carbonyl (C=O) groups is 1. The number of carbonyl (C=O) groups excluding carboxylic acids is 1. The lowest BCUT2D eigenvalue weighted by atomic mass is 9.76. The van der Waals surface area contributed by atoms with Crippen molar-refractivity contribution < 1.29 is 9.53 Å². The van der Waals surface area contributed by atoms with Crippen molar-refractivity contribution in [2.24, 2.45) is 11.8 Å². The molecule has 0 saturated carbocycles. The van der Waals surface area contributed by atoms with Crippen LogP contribution in [0, 0.1) is 11.8 Å². The molecule has 1 aromatic carbocycles. The van der Waals surface area contributed by atoms with Crippen molar-refractivity contribution in [3.63, 3.8) is 0 Å². The summed E-state index contributed by atoms with van der Waals surface area (Å²) in [6.07, 6.45) is 6.65. The molecule has 4 heterocycles. The number of benzene rings is 1. The molecule has 3 fully saturated rings. The Labute approximate surface area is 141 Å². The summed E-state index contributed by atoms with van der Waals surface area (Å²) in [6.45, 7) is 5.72. The van der Waals surface area contributed by atoms with E-state index in [0.29, 0.717) is 0 Å². The zero-order chi connectivity index (χ0) is 16.7. The molecule has 0 aliphatic carbocycles. The zero-order valence-corrected chi connectivity index (χ0v) is 13.7. The molecule has 0 amide bonds. The van der Waals surface area contributed by atoms with Crippen LogP contribution in [0.15, 0.2) is 48.8 Å². The number of aromatic nitrogens is 1. The Hall–Kier alpha value is -2.62. The lowest BCUT2D eigenvalue weighted by Gasteiger charge is -2.45. The van der Waals surface area contributed by atoms with Crippen LogP contribution in [0.1, 0.15) is 12.0 Å². The summed E-state index contributed by atoms with van der Waals surface area (Å²) in [7, 11) is 1.65. The number of ketones is 1. The van der Waals surface area contributed by atoms with Gasteiger partial charge in [-0.3, -0.25) is 9.78 Å². The predicted molar refractivity (Wildman–Crippen MR) is 94.6 cm³/mol. The van der Waals surface area contributed by atoms with Gasteiger partial charge in [0.1, 0.15) is 5.75 Å². The third kappa shape index (κ3) is 2.30. The summed E-state index contributed by atoms with van der Waals surface area (Å²) < 4.78 is 5.33. The normalized spacial score (nSPS) is 24.6. The zero-order valence-electron chi connectivity index (χ0n) is 13.7. The average molecular weight is 320 g/mol.